The lowest BCUT2D eigenvalue weighted by atomic mass is 9.95. The van der Waals surface area contributed by atoms with Crippen molar-refractivity contribution in [1.29, 1.82) is 0 Å². The number of fused-ring (bicyclic) bond motifs is 1. The summed E-state index contributed by atoms with van der Waals surface area (Å²) in [6, 6.07) is 19.5. The van der Waals surface area contributed by atoms with Gasteiger partial charge in [-0.3, -0.25) is 9.36 Å². The summed E-state index contributed by atoms with van der Waals surface area (Å²) >= 11 is 0. The number of hydrogen-bond donors (Lipinski definition) is 1. The maximum atomic E-state index is 13.4. The SMILES string of the molecule is CCOC(=O)C(CC)(NC(C)=O)C(=O)OCc1cc(CP(=O)(OCC)OCC)cc(-c2cccc3ccccc23)c1. The third kappa shape index (κ3) is 7.82. The van der Waals surface area contributed by atoms with E-state index in [0.29, 0.717) is 11.1 Å². The smallest absolute Gasteiger partial charge is 0.344 e. The van der Waals surface area contributed by atoms with Gasteiger partial charge in [0, 0.05) is 6.92 Å². The molecule has 0 radical (unpaired) electrons. The zero-order chi connectivity index (χ0) is 30.0. The Bertz CT molecular complexity index is 1420. The van der Waals surface area contributed by atoms with Crippen molar-refractivity contribution in [2.24, 2.45) is 0 Å². The molecule has 1 N–H and O–H groups in total. The van der Waals surface area contributed by atoms with Gasteiger partial charge in [-0.1, -0.05) is 61.5 Å². The molecule has 0 aromatic heterocycles. The molecule has 10 heteroatoms. The van der Waals surface area contributed by atoms with Gasteiger partial charge in [0.25, 0.3) is 0 Å². The maximum Gasteiger partial charge on any atom is 0.344 e. The van der Waals surface area contributed by atoms with E-state index in [1.54, 1.807) is 33.8 Å². The van der Waals surface area contributed by atoms with Gasteiger partial charge in [0.05, 0.1) is 26.0 Å². The molecule has 0 heterocycles. The van der Waals surface area contributed by atoms with E-state index in [1.807, 2.05) is 54.6 Å². The Balaban J connectivity index is 2.05. The highest BCUT2D eigenvalue weighted by atomic mass is 31.2. The lowest BCUT2D eigenvalue weighted by Crippen LogP contribution is -2.60. The van der Waals surface area contributed by atoms with Crippen molar-refractivity contribution in [2.45, 2.75) is 59.3 Å². The van der Waals surface area contributed by atoms with Crippen molar-refractivity contribution in [1.82, 2.24) is 5.32 Å². The van der Waals surface area contributed by atoms with E-state index >= 15 is 0 Å². The predicted molar refractivity (Wildman–Crippen MR) is 157 cm³/mol. The number of nitrogens with one attached hydrogen (secondary N) is 1. The maximum absolute atomic E-state index is 13.4. The second-order valence-electron chi connectivity index (χ2n) is 9.41. The quantitative estimate of drug-likeness (QED) is 0.136. The number of rotatable bonds is 14. The molecule has 0 aliphatic heterocycles. The largest absolute Gasteiger partial charge is 0.464 e. The number of esters is 2. The molecule has 0 spiro atoms. The first-order valence-electron chi connectivity index (χ1n) is 13.7. The van der Waals surface area contributed by atoms with Gasteiger partial charge in [-0.2, -0.15) is 0 Å². The molecule has 0 aliphatic carbocycles. The minimum Gasteiger partial charge on any atom is -0.464 e. The number of benzene rings is 3. The zero-order valence-electron chi connectivity index (χ0n) is 24.2. The van der Waals surface area contributed by atoms with Crippen LogP contribution >= 0.6 is 7.60 Å². The van der Waals surface area contributed by atoms with E-state index in [2.05, 4.69) is 5.32 Å². The average Bonchev–Trinajstić information content (AvgIpc) is 2.94. The van der Waals surface area contributed by atoms with Crippen molar-refractivity contribution in [3.05, 3.63) is 71.8 Å². The van der Waals surface area contributed by atoms with Crippen LogP contribution < -0.4 is 5.32 Å². The molecule has 220 valence electrons. The fourth-order valence-electron chi connectivity index (χ4n) is 4.70. The van der Waals surface area contributed by atoms with Crippen molar-refractivity contribution >= 4 is 36.2 Å². The van der Waals surface area contributed by atoms with E-state index in [1.165, 1.54) is 6.92 Å². The molecule has 0 bridgehead atoms. The second-order valence-corrected chi connectivity index (χ2v) is 11.5. The summed E-state index contributed by atoms with van der Waals surface area (Å²) in [7, 11) is -3.44. The Morgan fingerprint density at radius 1 is 0.805 bits per heavy atom. The van der Waals surface area contributed by atoms with Gasteiger partial charge in [-0.25, -0.2) is 9.59 Å². The Labute approximate surface area is 241 Å². The minimum atomic E-state index is -3.44. The summed E-state index contributed by atoms with van der Waals surface area (Å²) in [5.74, 6) is -2.39. The first kappa shape index (κ1) is 32.0. The molecule has 3 aromatic carbocycles. The standard InChI is InChI=1S/C31H38NO8P/c1-6-31(32-22(5)33,29(34)37-7-2)30(35)38-20-23-17-24(21-41(36,39-8-3)40-9-4)19-26(18-23)28-16-12-14-25-13-10-11-15-27(25)28/h10-19H,6-9,20-21H2,1-5H3,(H,32,33). The van der Waals surface area contributed by atoms with E-state index < -0.39 is 31.0 Å². The Hall–Kier alpha value is -3.52. The Kier molecular flexibility index (Phi) is 11.2. The van der Waals surface area contributed by atoms with Crippen LogP contribution in [0.3, 0.4) is 0 Å². The van der Waals surface area contributed by atoms with Crippen molar-refractivity contribution < 1.29 is 37.5 Å². The van der Waals surface area contributed by atoms with Crippen LogP contribution in [0.1, 0.15) is 52.2 Å². The average molecular weight is 584 g/mol. The van der Waals surface area contributed by atoms with Gasteiger partial charge in [0.15, 0.2) is 0 Å². The normalized spacial score (nSPS) is 12.9. The predicted octanol–water partition coefficient (Wildman–Crippen LogP) is 6.16. The fraction of sp³-hybridized carbons (Fsp3) is 0.387. The van der Waals surface area contributed by atoms with Crippen LogP contribution in [-0.2, 0) is 50.2 Å². The molecule has 9 nitrogen and oxygen atoms in total. The van der Waals surface area contributed by atoms with Gasteiger partial charge >= 0.3 is 19.5 Å². The van der Waals surface area contributed by atoms with Gasteiger partial charge < -0.3 is 23.8 Å². The summed E-state index contributed by atoms with van der Waals surface area (Å²) in [5.41, 5.74) is 1.04. The first-order valence-corrected chi connectivity index (χ1v) is 15.5. The molecule has 3 aromatic rings. The molecule has 0 saturated heterocycles. The Morgan fingerprint density at radius 3 is 2.07 bits per heavy atom. The fourth-order valence-corrected chi connectivity index (χ4v) is 6.38. The molecule has 1 amide bonds. The van der Waals surface area contributed by atoms with E-state index in [0.717, 1.165) is 21.9 Å². The van der Waals surface area contributed by atoms with Gasteiger partial charge in [0.1, 0.15) is 6.61 Å². The lowest BCUT2D eigenvalue weighted by molar-refractivity contribution is -0.169. The summed E-state index contributed by atoms with van der Waals surface area (Å²) in [6.45, 7) is 8.19. The summed E-state index contributed by atoms with van der Waals surface area (Å²) < 4.78 is 35.2. The highest BCUT2D eigenvalue weighted by Crippen LogP contribution is 2.51. The lowest BCUT2D eigenvalue weighted by Gasteiger charge is -2.28. The van der Waals surface area contributed by atoms with E-state index in [4.69, 9.17) is 18.5 Å². The zero-order valence-corrected chi connectivity index (χ0v) is 25.1. The van der Waals surface area contributed by atoms with Crippen LogP contribution in [-0.4, -0.2) is 43.2 Å². The summed E-state index contributed by atoms with van der Waals surface area (Å²) in [4.78, 5) is 38.0. The molecule has 0 saturated carbocycles. The number of carbonyl (C=O) groups excluding carboxylic acids is 3. The second kappa shape index (κ2) is 14.4. The molecule has 1 unspecified atom stereocenters. The van der Waals surface area contributed by atoms with Gasteiger partial charge in [0.2, 0.25) is 11.4 Å². The van der Waals surface area contributed by atoms with Crippen LogP contribution in [0.4, 0.5) is 0 Å². The van der Waals surface area contributed by atoms with Crippen molar-refractivity contribution in [3.8, 4) is 11.1 Å². The van der Waals surface area contributed by atoms with Crippen molar-refractivity contribution in [3.63, 3.8) is 0 Å². The summed E-state index contributed by atoms with van der Waals surface area (Å²) in [6.07, 6.45) is -0.0424. The first-order chi connectivity index (χ1) is 19.6. The van der Waals surface area contributed by atoms with Crippen LogP contribution in [0.15, 0.2) is 60.7 Å². The van der Waals surface area contributed by atoms with E-state index in [-0.39, 0.29) is 39.0 Å². The highest BCUT2D eigenvalue weighted by Gasteiger charge is 2.48. The molecular weight excluding hydrogens is 545 g/mol. The molecule has 1 atom stereocenters. The topological polar surface area (TPSA) is 117 Å². The molecular formula is C31H38NO8P. The third-order valence-electron chi connectivity index (χ3n) is 6.44. The van der Waals surface area contributed by atoms with Crippen LogP contribution in [0.25, 0.3) is 21.9 Å². The number of carbonyl (C=O) groups is 3. The molecule has 3 rings (SSSR count). The van der Waals surface area contributed by atoms with Gasteiger partial charge in [-0.15, -0.1) is 0 Å². The Morgan fingerprint density at radius 2 is 1.44 bits per heavy atom. The number of amides is 1. The van der Waals surface area contributed by atoms with Crippen molar-refractivity contribution in [2.75, 3.05) is 19.8 Å². The third-order valence-corrected chi connectivity index (χ3v) is 8.50. The summed E-state index contributed by atoms with van der Waals surface area (Å²) in [5, 5.41) is 4.50. The number of ether oxygens (including phenoxy) is 2. The molecule has 41 heavy (non-hydrogen) atoms. The minimum absolute atomic E-state index is 0.0157. The number of hydrogen-bond acceptors (Lipinski definition) is 8. The highest BCUT2D eigenvalue weighted by molar-refractivity contribution is 7.53. The van der Waals surface area contributed by atoms with Gasteiger partial charge in [-0.05, 0) is 66.3 Å². The molecule has 0 aliphatic rings. The van der Waals surface area contributed by atoms with Crippen LogP contribution in [0, 0.1) is 0 Å². The van der Waals surface area contributed by atoms with Crippen LogP contribution in [0.2, 0.25) is 0 Å². The molecule has 0 fully saturated rings. The van der Waals surface area contributed by atoms with Crippen LogP contribution in [0.5, 0.6) is 0 Å². The monoisotopic (exact) mass is 583 g/mol. The van der Waals surface area contributed by atoms with E-state index in [9.17, 15) is 18.9 Å².